The van der Waals surface area contributed by atoms with E-state index in [-0.39, 0.29) is 41.8 Å². The molecule has 14 heteroatoms. The van der Waals surface area contributed by atoms with E-state index < -0.39 is 68.7 Å². The van der Waals surface area contributed by atoms with Crippen LogP contribution in [0.3, 0.4) is 0 Å². The average Bonchev–Trinajstić information content (AvgIpc) is 3.30. The van der Waals surface area contributed by atoms with Gasteiger partial charge < -0.3 is 15.1 Å². The normalized spacial score (nSPS) is 23.4. The van der Waals surface area contributed by atoms with Gasteiger partial charge in [-0.15, -0.1) is 0 Å². The zero-order valence-corrected chi connectivity index (χ0v) is 25.3. The van der Waals surface area contributed by atoms with Gasteiger partial charge in [0.2, 0.25) is 5.91 Å². The van der Waals surface area contributed by atoms with E-state index in [1.165, 1.54) is 17.0 Å². The molecule has 1 aliphatic carbocycles. The second kappa shape index (κ2) is 12.7. The van der Waals surface area contributed by atoms with Gasteiger partial charge in [-0.1, -0.05) is 18.2 Å². The third-order valence-corrected chi connectivity index (χ3v) is 10.5. The topological polar surface area (TPSA) is 86.8 Å². The first-order valence-electron chi connectivity index (χ1n) is 14.3. The summed E-state index contributed by atoms with van der Waals surface area (Å²) in [6, 6.07) is 7.14. The number of rotatable bonds is 8. The zero-order valence-electron chi connectivity index (χ0n) is 24.5. The van der Waals surface area contributed by atoms with Crippen LogP contribution in [-0.4, -0.2) is 73.5 Å². The number of hydrogen-bond donors (Lipinski definition) is 1. The first kappa shape index (κ1) is 33.8. The Labute approximate surface area is 252 Å². The quantitative estimate of drug-likeness (QED) is 0.388. The van der Waals surface area contributed by atoms with Crippen molar-refractivity contribution in [1.29, 1.82) is 0 Å². The molecule has 2 fully saturated rings. The molecule has 2 aromatic rings. The number of carbonyl (C=O) groups is 2. The maximum Gasteiger partial charge on any atom is 0.416 e. The fourth-order valence-electron chi connectivity index (χ4n) is 6.10. The molecule has 1 aliphatic heterocycles. The van der Waals surface area contributed by atoms with Crippen LogP contribution in [0.1, 0.15) is 61.0 Å². The van der Waals surface area contributed by atoms with Crippen molar-refractivity contribution in [3.8, 4) is 0 Å². The molecule has 2 aromatic carbocycles. The van der Waals surface area contributed by atoms with Crippen molar-refractivity contribution in [1.82, 2.24) is 15.1 Å². The lowest BCUT2D eigenvalue weighted by atomic mass is 9.81. The molecule has 0 bridgehead atoms. The highest BCUT2D eigenvalue weighted by Crippen LogP contribution is 2.38. The van der Waals surface area contributed by atoms with Crippen molar-refractivity contribution in [2.45, 2.75) is 80.9 Å². The van der Waals surface area contributed by atoms with Gasteiger partial charge in [-0.05, 0) is 82.8 Å². The van der Waals surface area contributed by atoms with Crippen LogP contribution in [0.25, 0.3) is 0 Å². The maximum absolute atomic E-state index is 13.5. The van der Waals surface area contributed by atoms with Gasteiger partial charge >= 0.3 is 12.4 Å². The van der Waals surface area contributed by atoms with Crippen molar-refractivity contribution >= 4 is 21.7 Å². The number of alkyl halides is 6. The number of nitrogens with zero attached hydrogens (tertiary/aromatic N) is 2. The molecular weight excluding hydrogens is 612 g/mol. The molecule has 2 aliphatic rings. The summed E-state index contributed by atoms with van der Waals surface area (Å²) in [5.41, 5.74) is -4.15. The lowest BCUT2D eigenvalue weighted by Crippen LogP contribution is -2.53. The zero-order chi connectivity index (χ0) is 32.6. The Hall–Kier alpha value is -3.13. The molecule has 4 rings (SSSR count). The summed E-state index contributed by atoms with van der Waals surface area (Å²) in [7, 11) is -1.76. The Morgan fingerprint density at radius 2 is 1.57 bits per heavy atom. The summed E-state index contributed by atoms with van der Waals surface area (Å²) < 4.78 is 107. The lowest BCUT2D eigenvalue weighted by Gasteiger charge is -2.44. The number of sulfone groups is 1. The Kier molecular flexibility index (Phi) is 9.74. The highest BCUT2D eigenvalue weighted by atomic mass is 32.2. The van der Waals surface area contributed by atoms with Gasteiger partial charge in [-0.3, -0.25) is 9.59 Å². The first-order valence-corrected chi connectivity index (χ1v) is 15.9. The largest absolute Gasteiger partial charge is 0.416 e. The van der Waals surface area contributed by atoms with Crippen LogP contribution >= 0.6 is 0 Å². The van der Waals surface area contributed by atoms with Gasteiger partial charge in [0.1, 0.15) is 6.04 Å². The van der Waals surface area contributed by atoms with E-state index in [1.54, 1.807) is 18.2 Å². The number of likely N-dealkylation sites (tertiary alicyclic amines) is 1. The van der Waals surface area contributed by atoms with Gasteiger partial charge in [0.15, 0.2) is 9.84 Å². The third kappa shape index (κ3) is 7.56. The number of benzene rings is 2. The fourth-order valence-corrected chi connectivity index (χ4v) is 7.79. The Balaban J connectivity index is 1.55. The van der Waals surface area contributed by atoms with Gasteiger partial charge in [-0.2, -0.15) is 26.3 Å². The van der Waals surface area contributed by atoms with E-state index in [0.717, 1.165) is 0 Å². The molecular formula is C30H35F6N3O4S. The van der Waals surface area contributed by atoms with Crippen LogP contribution in [0.5, 0.6) is 0 Å². The monoisotopic (exact) mass is 647 g/mol. The van der Waals surface area contributed by atoms with Gasteiger partial charge in [-0.25, -0.2) is 8.42 Å². The summed E-state index contributed by atoms with van der Waals surface area (Å²) in [5.74, 6) is -2.46. The molecule has 0 aromatic heterocycles. The number of hydrogen-bond acceptors (Lipinski definition) is 5. The summed E-state index contributed by atoms with van der Waals surface area (Å²) in [6.45, 7) is 4.21. The molecule has 1 saturated carbocycles. The van der Waals surface area contributed by atoms with E-state index in [9.17, 15) is 44.3 Å². The minimum atomic E-state index is -5.13. The molecule has 1 saturated heterocycles. The van der Waals surface area contributed by atoms with Crippen molar-refractivity contribution in [3.05, 3.63) is 65.2 Å². The van der Waals surface area contributed by atoms with Crippen molar-refractivity contribution < 1.29 is 44.3 Å². The van der Waals surface area contributed by atoms with E-state index in [2.05, 4.69) is 10.2 Å². The molecule has 3 unspecified atom stereocenters. The fraction of sp³-hybridized carbons (Fsp3) is 0.533. The molecule has 0 radical (unpaired) electrons. The van der Waals surface area contributed by atoms with Crippen LogP contribution in [-0.2, 0) is 27.0 Å². The van der Waals surface area contributed by atoms with Crippen LogP contribution < -0.4 is 5.32 Å². The molecule has 1 N–H and O–H groups in total. The van der Waals surface area contributed by atoms with Gasteiger partial charge in [0.25, 0.3) is 5.91 Å². The molecule has 1 heterocycles. The average molecular weight is 648 g/mol. The minimum absolute atomic E-state index is 0.0687. The predicted molar refractivity (Wildman–Crippen MR) is 150 cm³/mol. The molecule has 2 amide bonds. The Bertz CT molecular complexity index is 1430. The standard InChI is InChI=1S/C30H35F6N3O4S/c1-18(2)38(3)23-9-10-26(20(15-23)17-44(42,43)24-7-5-4-6-8-24)39-12-11-25(28(39)41)37-27(40)19-13-21(29(31,32)33)16-22(14-19)30(34,35)36/h4-8,13-14,16,18,20,23,25-26H,9-12,15,17H2,1-3H3,(H,37,40)/t20-,23?,25?,26?/m0/s1. The van der Waals surface area contributed by atoms with Gasteiger partial charge in [0.05, 0.1) is 21.8 Å². The minimum Gasteiger partial charge on any atom is -0.340 e. The number of halogens is 6. The van der Waals surface area contributed by atoms with Gasteiger partial charge in [0, 0.05) is 30.2 Å². The molecule has 44 heavy (non-hydrogen) atoms. The van der Waals surface area contributed by atoms with E-state index in [1.807, 2.05) is 20.9 Å². The third-order valence-electron chi connectivity index (χ3n) is 8.64. The molecule has 242 valence electrons. The highest BCUT2D eigenvalue weighted by molar-refractivity contribution is 7.91. The summed E-state index contributed by atoms with van der Waals surface area (Å²) in [6.07, 6.45) is -8.52. The number of carbonyl (C=O) groups excluding carboxylic acids is 2. The van der Waals surface area contributed by atoms with E-state index >= 15 is 0 Å². The second-order valence-electron chi connectivity index (χ2n) is 11.8. The van der Waals surface area contributed by atoms with Crippen LogP contribution in [0.2, 0.25) is 0 Å². The summed E-state index contributed by atoms with van der Waals surface area (Å²) >= 11 is 0. The van der Waals surface area contributed by atoms with Crippen molar-refractivity contribution in [2.24, 2.45) is 5.92 Å². The highest BCUT2D eigenvalue weighted by Gasteiger charge is 2.45. The summed E-state index contributed by atoms with van der Waals surface area (Å²) in [4.78, 5) is 30.2. The maximum atomic E-state index is 13.5. The lowest BCUT2D eigenvalue weighted by molar-refractivity contribution is -0.143. The number of nitrogens with one attached hydrogen (secondary N) is 1. The second-order valence-corrected chi connectivity index (χ2v) is 13.8. The van der Waals surface area contributed by atoms with Crippen LogP contribution in [0.4, 0.5) is 26.3 Å². The predicted octanol–water partition coefficient (Wildman–Crippen LogP) is 5.41. The SMILES string of the molecule is CC(C)N(C)C1CCC(N2CCC(NC(=O)c3cc(C(F)(F)F)cc(C(F)(F)F)c3)C2=O)[C@H](CS(=O)(=O)c2ccccc2)C1. The Morgan fingerprint density at radius 1 is 0.977 bits per heavy atom. The van der Waals surface area contributed by atoms with Crippen LogP contribution in [0.15, 0.2) is 53.4 Å². The van der Waals surface area contributed by atoms with E-state index in [0.29, 0.717) is 31.4 Å². The molecule has 0 spiro atoms. The van der Waals surface area contributed by atoms with Crippen molar-refractivity contribution in [2.75, 3.05) is 19.3 Å². The summed E-state index contributed by atoms with van der Waals surface area (Å²) in [5, 5.41) is 2.31. The molecule has 7 nitrogen and oxygen atoms in total. The first-order chi connectivity index (χ1) is 20.4. The van der Waals surface area contributed by atoms with Crippen LogP contribution in [0, 0.1) is 5.92 Å². The number of amides is 2. The van der Waals surface area contributed by atoms with E-state index in [4.69, 9.17) is 0 Å². The van der Waals surface area contributed by atoms with Crippen molar-refractivity contribution in [3.63, 3.8) is 0 Å². The smallest absolute Gasteiger partial charge is 0.340 e. The molecule has 4 atom stereocenters. The Morgan fingerprint density at radius 3 is 2.11 bits per heavy atom.